The van der Waals surface area contributed by atoms with E-state index >= 15 is 0 Å². The third kappa shape index (κ3) is 4.25. The summed E-state index contributed by atoms with van der Waals surface area (Å²) in [4.78, 5) is 12.4. The molecule has 7 nitrogen and oxygen atoms in total. The molecule has 0 bridgehead atoms. The molecule has 1 unspecified atom stereocenters. The van der Waals surface area contributed by atoms with Crippen molar-refractivity contribution < 1.29 is 17.9 Å². The minimum Gasteiger partial charge on any atom is -0.492 e. The highest BCUT2D eigenvalue weighted by atomic mass is 32.2. The Balaban J connectivity index is 2.27. The zero-order chi connectivity index (χ0) is 17.7. The van der Waals surface area contributed by atoms with E-state index < -0.39 is 10.0 Å². The largest absolute Gasteiger partial charge is 0.492 e. The maximum atomic E-state index is 12.5. The number of amides is 1. The number of rotatable bonds is 6. The number of ether oxygens (including phenoxy) is 1. The fraction of sp³-hybridized carbons (Fsp3) is 0.562. The summed E-state index contributed by atoms with van der Waals surface area (Å²) in [6.45, 7) is 2.96. The zero-order valence-electron chi connectivity index (χ0n) is 14.3. The van der Waals surface area contributed by atoms with Gasteiger partial charge < -0.3 is 15.4 Å². The SMILES string of the molecule is CCOc1ccc(NC(=O)C2CCCCN2)cc1S(=O)(=O)N(C)C. The van der Waals surface area contributed by atoms with Gasteiger partial charge in [0.05, 0.1) is 12.6 Å². The van der Waals surface area contributed by atoms with Crippen LogP contribution in [0.25, 0.3) is 0 Å². The summed E-state index contributed by atoms with van der Waals surface area (Å²) >= 11 is 0. The number of anilines is 1. The zero-order valence-corrected chi connectivity index (χ0v) is 15.1. The predicted molar refractivity (Wildman–Crippen MR) is 92.8 cm³/mol. The van der Waals surface area contributed by atoms with Crippen molar-refractivity contribution in [3.8, 4) is 5.75 Å². The molecule has 0 aromatic heterocycles. The molecule has 24 heavy (non-hydrogen) atoms. The maximum Gasteiger partial charge on any atom is 0.246 e. The number of hydrogen-bond acceptors (Lipinski definition) is 5. The minimum atomic E-state index is -3.67. The van der Waals surface area contributed by atoms with E-state index in [1.54, 1.807) is 19.1 Å². The molecule has 1 aliphatic heterocycles. The smallest absolute Gasteiger partial charge is 0.246 e. The highest BCUT2D eigenvalue weighted by Gasteiger charge is 2.25. The Morgan fingerprint density at radius 2 is 2.12 bits per heavy atom. The highest BCUT2D eigenvalue weighted by Crippen LogP contribution is 2.29. The van der Waals surface area contributed by atoms with Crippen molar-refractivity contribution in [2.75, 3.05) is 32.6 Å². The van der Waals surface area contributed by atoms with E-state index in [1.165, 1.54) is 20.2 Å². The van der Waals surface area contributed by atoms with Crippen LogP contribution in [-0.4, -0.2) is 51.9 Å². The number of carbonyl (C=O) groups is 1. The molecule has 0 saturated carbocycles. The Bertz CT molecular complexity index is 683. The number of nitrogens with one attached hydrogen (secondary N) is 2. The van der Waals surface area contributed by atoms with Gasteiger partial charge in [-0.3, -0.25) is 4.79 Å². The molecule has 8 heteroatoms. The van der Waals surface area contributed by atoms with E-state index in [4.69, 9.17) is 4.74 Å². The summed E-state index contributed by atoms with van der Waals surface area (Å²) in [5.74, 6) is 0.132. The average molecular weight is 355 g/mol. The van der Waals surface area contributed by atoms with Crippen molar-refractivity contribution in [2.45, 2.75) is 37.1 Å². The third-order valence-electron chi connectivity index (χ3n) is 3.90. The summed E-state index contributed by atoms with van der Waals surface area (Å²) in [7, 11) is -0.750. The number of carbonyl (C=O) groups excluding carboxylic acids is 1. The average Bonchev–Trinajstić information content (AvgIpc) is 2.57. The van der Waals surface area contributed by atoms with Gasteiger partial charge in [-0.25, -0.2) is 12.7 Å². The maximum absolute atomic E-state index is 12.5. The summed E-state index contributed by atoms with van der Waals surface area (Å²) in [6, 6.07) is 4.44. The molecule has 1 amide bonds. The van der Waals surface area contributed by atoms with Gasteiger partial charge in [-0.2, -0.15) is 0 Å². The Morgan fingerprint density at radius 3 is 2.71 bits per heavy atom. The Labute approximate surface area is 143 Å². The minimum absolute atomic E-state index is 0.0451. The second kappa shape index (κ2) is 7.96. The fourth-order valence-corrected chi connectivity index (χ4v) is 3.61. The number of hydrogen-bond donors (Lipinski definition) is 2. The van der Waals surface area contributed by atoms with E-state index in [2.05, 4.69) is 10.6 Å². The van der Waals surface area contributed by atoms with Gasteiger partial charge in [0.25, 0.3) is 0 Å². The van der Waals surface area contributed by atoms with Gasteiger partial charge in [0.2, 0.25) is 15.9 Å². The normalized spacial score (nSPS) is 18.4. The van der Waals surface area contributed by atoms with E-state index in [-0.39, 0.29) is 22.6 Å². The van der Waals surface area contributed by atoms with Gasteiger partial charge in [-0.1, -0.05) is 6.42 Å². The van der Waals surface area contributed by atoms with Crippen molar-refractivity contribution in [1.82, 2.24) is 9.62 Å². The Kier molecular flexibility index (Phi) is 6.20. The molecule has 1 atom stereocenters. The molecule has 0 spiro atoms. The van der Waals surface area contributed by atoms with E-state index in [0.717, 1.165) is 30.1 Å². The quantitative estimate of drug-likeness (QED) is 0.806. The van der Waals surface area contributed by atoms with Crippen LogP contribution in [-0.2, 0) is 14.8 Å². The molecule has 1 aliphatic rings. The molecular formula is C16H25N3O4S. The van der Waals surface area contributed by atoms with E-state index in [0.29, 0.717) is 12.3 Å². The highest BCUT2D eigenvalue weighted by molar-refractivity contribution is 7.89. The standard InChI is InChI=1S/C16H25N3O4S/c1-4-23-14-9-8-12(11-15(14)24(21,22)19(2)3)18-16(20)13-7-5-6-10-17-13/h8-9,11,13,17H,4-7,10H2,1-3H3,(H,18,20). The molecule has 1 heterocycles. The molecule has 2 N–H and O–H groups in total. The molecule has 1 aromatic carbocycles. The molecule has 134 valence electrons. The number of benzene rings is 1. The first kappa shape index (κ1) is 18.7. The predicted octanol–water partition coefficient (Wildman–Crippen LogP) is 1.42. The first-order chi connectivity index (χ1) is 11.4. The summed E-state index contributed by atoms with van der Waals surface area (Å²) in [6.07, 6.45) is 2.86. The first-order valence-electron chi connectivity index (χ1n) is 8.10. The van der Waals surface area contributed by atoms with Crippen LogP contribution < -0.4 is 15.4 Å². The topological polar surface area (TPSA) is 87.7 Å². The van der Waals surface area contributed by atoms with Gasteiger partial charge in [0.1, 0.15) is 10.6 Å². The lowest BCUT2D eigenvalue weighted by atomic mass is 10.0. The van der Waals surface area contributed by atoms with Crippen molar-refractivity contribution in [2.24, 2.45) is 0 Å². The lowest BCUT2D eigenvalue weighted by Crippen LogP contribution is -2.43. The molecule has 0 radical (unpaired) electrons. The van der Waals surface area contributed by atoms with Crippen LogP contribution >= 0.6 is 0 Å². The molecular weight excluding hydrogens is 330 g/mol. The monoisotopic (exact) mass is 355 g/mol. The van der Waals surface area contributed by atoms with E-state index in [1.807, 2.05) is 0 Å². The Morgan fingerprint density at radius 1 is 1.38 bits per heavy atom. The van der Waals surface area contributed by atoms with Crippen LogP contribution in [0, 0.1) is 0 Å². The van der Waals surface area contributed by atoms with Crippen molar-refractivity contribution in [3.63, 3.8) is 0 Å². The van der Waals surface area contributed by atoms with Crippen LogP contribution in [0.4, 0.5) is 5.69 Å². The molecule has 1 saturated heterocycles. The fourth-order valence-electron chi connectivity index (χ4n) is 2.56. The molecule has 0 aliphatic carbocycles. The molecule has 2 rings (SSSR count). The lowest BCUT2D eigenvalue weighted by Gasteiger charge is -2.23. The molecule has 1 aromatic rings. The molecule has 1 fully saturated rings. The van der Waals surface area contributed by atoms with Gasteiger partial charge in [-0.15, -0.1) is 0 Å². The first-order valence-corrected chi connectivity index (χ1v) is 9.54. The Hall–Kier alpha value is -1.64. The summed E-state index contributed by atoms with van der Waals surface area (Å²) in [5.41, 5.74) is 0.441. The van der Waals surface area contributed by atoms with Gasteiger partial charge in [-0.05, 0) is 44.5 Å². The summed E-state index contributed by atoms with van der Waals surface area (Å²) < 4.78 is 31.5. The van der Waals surface area contributed by atoms with E-state index in [9.17, 15) is 13.2 Å². The number of piperidine rings is 1. The third-order valence-corrected chi connectivity index (χ3v) is 5.73. The van der Waals surface area contributed by atoms with Crippen LogP contribution in [0.15, 0.2) is 23.1 Å². The summed E-state index contributed by atoms with van der Waals surface area (Å²) in [5, 5.41) is 5.96. The second-order valence-electron chi connectivity index (χ2n) is 5.87. The van der Waals surface area contributed by atoms with Crippen molar-refractivity contribution in [1.29, 1.82) is 0 Å². The van der Waals surface area contributed by atoms with Crippen LogP contribution in [0.3, 0.4) is 0 Å². The lowest BCUT2D eigenvalue weighted by molar-refractivity contribution is -0.118. The van der Waals surface area contributed by atoms with Gasteiger partial charge in [0.15, 0.2) is 0 Å². The van der Waals surface area contributed by atoms with Crippen molar-refractivity contribution >= 4 is 21.6 Å². The van der Waals surface area contributed by atoms with Gasteiger partial charge in [0, 0.05) is 19.8 Å². The van der Waals surface area contributed by atoms with Crippen LogP contribution in [0.2, 0.25) is 0 Å². The second-order valence-corrected chi connectivity index (χ2v) is 7.99. The number of nitrogens with zero attached hydrogens (tertiary/aromatic N) is 1. The van der Waals surface area contributed by atoms with Crippen LogP contribution in [0.1, 0.15) is 26.2 Å². The van der Waals surface area contributed by atoms with Gasteiger partial charge >= 0.3 is 0 Å². The van der Waals surface area contributed by atoms with Crippen LogP contribution in [0.5, 0.6) is 5.75 Å². The number of sulfonamides is 1. The van der Waals surface area contributed by atoms with Crippen molar-refractivity contribution in [3.05, 3.63) is 18.2 Å².